The topological polar surface area (TPSA) is 98.9 Å². The van der Waals surface area contributed by atoms with Gasteiger partial charge in [0.2, 0.25) is 0 Å². The van der Waals surface area contributed by atoms with Crippen molar-refractivity contribution in [1.29, 1.82) is 0 Å². The predicted octanol–water partition coefficient (Wildman–Crippen LogP) is 1.95. The standard InChI is InChI=1S/C14H19NO5/c1-14(2,3)20-13(18)19-10-6-4-9(5-7-10)8-11(15)12(16)17/h4-7,11H,8,15H2,1-3H3,(H,16,17)/t11-/m0/s1. The second-order valence-corrected chi connectivity index (χ2v) is 5.36. The van der Waals surface area contributed by atoms with Crippen molar-refractivity contribution in [2.24, 2.45) is 5.73 Å². The smallest absolute Gasteiger partial charge is 0.480 e. The van der Waals surface area contributed by atoms with Crippen molar-refractivity contribution in [3.63, 3.8) is 0 Å². The molecule has 0 aliphatic heterocycles. The zero-order valence-corrected chi connectivity index (χ0v) is 11.8. The molecule has 0 unspecified atom stereocenters. The van der Waals surface area contributed by atoms with Crippen LogP contribution in [0.1, 0.15) is 26.3 Å². The van der Waals surface area contributed by atoms with Crippen LogP contribution in [-0.2, 0) is 16.0 Å². The number of carbonyl (C=O) groups is 2. The van der Waals surface area contributed by atoms with Gasteiger partial charge >= 0.3 is 12.1 Å². The van der Waals surface area contributed by atoms with E-state index in [0.29, 0.717) is 5.75 Å². The third-order valence-corrected chi connectivity index (χ3v) is 2.29. The van der Waals surface area contributed by atoms with Gasteiger partial charge in [0.15, 0.2) is 0 Å². The van der Waals surface area contributed by atoms with Gasteiger partial charge in [-0.15, -0.1) is 0 Å². The quantitative estimate of drug-likeness (QED) is 0.646. The first-order chi connectivity index (χ1) is 9.17. The van der Waals surface area contributed by atoms with Crippen LogP contribution in [0.25, 0.3) is 0 Å². The molecule has 6 heteroatoms. The second-order valence-electron chi connectivity index (χ2n) is 5.36. The van der Waals surface area contributed by atoms with Crippen LogP contribution in [0.4, 0.5) is 4.79 Å². The van der Waals surface area contributed by atoms with E-state index in [2.05, 4.69) is 0 Å². The van der Waals surface area contributed by atoms with Crippen LogP contribution in [0, 0.1) is 0 Å². The molecule has 1 aromatic rings. The van der Waals surface area contributed by atoms with Crippen LogP contribution in [-0.4, -0.2) is 28.9 Å². The lowest BCUT2D eigenvalue weighted by molar-refractivity contribution is -0.138. The molecule has 0 spiro atoms. The Kier molecular flexibility index (Phi) is 5.10. The van der Waals surface area contributed by atoms with Gasteiger partial charge < -0.3 is 20.3 Å². The third kappa shape index (κ3) is 5.71. The zero-order chi connectivity index (χ0) is 15.3. The minimum atomic E-state index is -1.06. The van der Waals surface area contributed by atoms with Crippen molar-refractivity contribution in [2.45, 2.75) is 38.8 Å². The lowest BCUT2D eigenvalue weighted by Crippen LogP contribution is -2.32. The largest absolute Gasteiger partial charge is 0.514 e. The Bertz CT molecular complexity index is 475. The molecular weight excluding hydrogens is 262 g/mol. The maximum atomic E-state index is 11.4. The number of rotatable bonds is 4. The summed E-state index contributed by atoms with van der Waals surface area (Å²) in [6.45, 7) is 5.22. The highest BCUT2D eigenvalue weighted by Crippen LogP contribution is 2.16. The molecule has 1 atom stereocenters. The predicted molar refractivity (Wildman–Crippen MR) is 72.6 cm³/mol. The van der Waals surface area contributed by atoms with Gasteiger partial charge in [0.1, 0.15) is 17.4 Å². The van der Waals surface area contributed by atoms with Crippen molar-refractivity contribution in [1.82, 2.24) is 0 Å². The lowest BCUT2D eigenvalue weighted by atomic mass is 10.1. The SMILES string of the molecule is CC(C)(C)OC(=O)Oc1ccc(C[C@H](N)C(=O)O)cc1. The van der Waals surface area contributed by atoms with Crippen LogP contribution < -0.4 is 10.5 Å². The highest BCUT2D eigenvalue weighted by Gasteiger charge is 2.18. The molecule has 0 saturated heterocycles. The number of benzene rings is 1. The summed E-state index contributed by atoms with van der Waals surface area (Å²) in [4.78, 5) is 22.1. The Balaban J connectivity index is 2.59. The fourth-order valence-corrected chi connectivity index (χ4v) is 1.40. The van der Waals surface area contributed by atoms with E-state index in [0.717, 1.165) is 5.56 Å². The average Bonchev–Trinajstić information content (AvgIpc) is 2.28. The van der Waals surface area contributed by atoms with Crippen molar-refractivity contribution in [2.75, 3.05) is 0 Å². The Labute approximate surface area is 117 Å². The summed E-state index contributed by atoms with van der Waals surface area (Å²) < 4.78 is 10.00. The zero-order valence-electron chi connectivity index (χ0n) is 11.8. The van der Waals surface area contributed by atoms with E-state index in [1.807, 2.05) is 0 Å². The summed E-state index contributed by atoms with van der Waals surface area (Å²) in [5.41, 5.74) is 5.56. The van der Waals surface area contributed by atoms with Crippen LogP contribution in [0.5, 0.6) is 5.75 Å². The maximum absolute atomic E-state index is 11.4. The molecule has 0 heterocycles. The molecule has 0 amide bonds. The molecule has 0 saturated carbocycles. The third-order valence-electron chi connectivity index (χ3n) is 2.29. The van der Waals surface area contributed by atoms with Crippen LogP contribution in [0.15, 0.2) is 24.3 Å². The van der Waals surface area contributed by atoms with Crippen molar-refractivity contribution >= 4 is 12.1 Å². The first-order valence-corrected chi connectivity index (χ1v) is 6.15. The van der Waals surface area contributed by atoms with Crippen LogP contribution in [0.2, 0.25) is 0 Å². The van der Waals surface area contributed by atoms with E-state index >= 15 is 0 Å². The van der Waals surface area contributed by atoms with Gasteiger partial charge in [-0.05, 0) is 44.9 Å². The molecule has 110 valence electrons. The number of ether oxygens (including phenoxy) is 2. The average molecular weight is 281 g/mol. The fourth-order valence-electron chi connectivity index (χ4n) is 1.40. The Morgan fingerprint density at radius 2 is 1.80 bits per heavy atom. The molecule has 0 aliphatic carbocycles. The molecule has 3 N–H and O–H groups in total. The number of carboxylic acids is 1. The Hall–Kier alpha value is -2.08. The van der Waals surface area contributed by atoms with Crippen LogP contribution in [0.3, 0.4) is 0 Å². The number of carboxylic acid groups (broad SMARTS) is 1. The number of carbonyl (C=O) groups excluding carboxylic acids is 1. The minimum Gasteiger partial charge on any atom is -0.480 e. The number of hydrogen-bond acceptors (Lipinski definition) is 5. The van der Waals surface area contributed by atoms with E-state index in [9.17, 15) is 9.59 Å². The van der Waals surface area contributed by atoms with Crippen LogP contribution >= 0.6 is 0 Å². The van der Waals surface area contributed by atoms with Gasteiger partial charge in [-0.1, -0.05) is 12.1 Å². The van der Waals surface area contributed by atoms with Gasteiger partial charge in [-0.3, -0.25) is 4.79 Å². The fraction of sp³-hybridized carbons (Fsp3) is 0.429. The van der Waals surface area contributed by atoms with Gasteiger partial charge in [0.05, 0.1) is 0 Å². The first kappa shape index (κ1) is 16.0. The molecule has 1 aromatic carbocycles. The van der Waals surface area contributed by atoms with Gasteiger partial charge in [-0.2, -0.15) is 0 Å². The Morgan fingerprint density at radius 1 is 1.25 bits per heavy atom. The van der Waals surface area contributed by atoms with E-state index < -0.39 is 23.8 Å². The number of aliphatic carboxylic acids is 1. The van der Waals surface area contributed by atoms with E-state index in [-0.39, 0.29) is 6.42 Å². The highest BCUT2D eigenvalue weighted by molar-refractivity contribution is 5.73. The molecule has 0 fully saturated rings. The maximum Gasteiger partial charge on any atom is 0.514 e. The lowest BCUT2D eigenvalue weighted by Gasteiger charge is -2.18. The summed E-state index contributed by atoms with van der Waals surface area (Å²) in [5.74, 6) is -0.731. The van der Waals surface area contributed by atoms with E-state index in [1.54, 1.807) is 45.0 Å². The summed E-state index contributed by atoms with van der Waals surface area (Å²) in [6.07, 6.45) is -0.574. The molecule has 0 radical (unpaired) electrons. The van der Waals surface area contributed by atoms with Crippen molar-refractivity contribution in [3.8, 4) is 5.75 Å². The van der Waals surface area contributed by atoms with Gasteiger partial charge in [0.25, 0.3) is 0 Å². The number of hydrogen-bond donors (Lipinski definition) is 2. The van der Waals surface area contributed by atoms with E-state index in [4.69, 9.17) is 20.3 Å². The molecule has 0 bridgehead atoms. The van der Waals surface area contributed by atoms with E-state index in [1.165, 1.54) is 0 Å². The highest BCUT2D eigenvalue weighted by atomic mass is 16.7. The molecule has 0 aliphatic rings. The van der Waals surface area contributed by atoms with Gasteiger partial charge in [-0.25, -0.2) is 4.79 Å². The van der Waals surface area contributed by atoms with Crippen molar-refractivity contribution < 1.29 is 24.2 Å². The second kappa shape index (κ2) is 6.38. The molecule has 1 rings (SSSR count). The Morgan fingerprint density at radius 3 is 2.25 bits per heavy atom. The summed E-state index contributed by atoms with van der Waals surface area (Å²) in [6, 6.07) is 5.49. The normalized spacial score (nSPS) is 12.6. The number of nitrogens with two attached hydrogens (primary N) is 1. The summed E-state index contributed by atoms with van der Waals surface area (Å²) in [5, 5.41) is 8.71. The molecule has 20 heavy (non-hydrogen) atoms. The first-order valence-electron chi connectivity index (χ1n) is 6.15. The molecule has 6 nitrogen and oxygen atoms in total. The van der Waals surface area contributed by atoms with Crippen molar-refractivity contribution in [3.05, 3.63) is 29.8 Å². The summed E-state index contributed by atoms with van der Waals surface area (Å²) >= 11 is 0. The molecular formula is C14H19NO5. The summed E-state index contributed by atoms with van der Waals surface area (Å²) in [7, 11) is 0. The monoisotopic (exact) mass is 281 g/mol. The minimum absolute atomic E-state index is 0.210. The van der Waals surface area contributed by atoms with Gasteiger partial charge in [0, 0.05) is 0 Å². The molecule has 0 aromatic heterocycles.